The van der Waals surface area contributed by atoms with Crippen molar-refractivity contribution in [2.24, 2.45) is 0 Å². The summed E-state index contributed by atoms with van der Waals surface area (Å²) < 4.78 is 6.82. The first-order valence-electron chi connectivity index (χ1n) is 21.0. The lowest BCUT2D eigenvalue weighted by molar-refractivity contribution is 0.660. The lowest BCUT2D eigenvalue weighted by Gasteiger charge is -2.32. The average molecular weight is 766 g/mol. The highest BCUT2D eigenvalue weighted by molar-refractivity contribution is 6.13. The van der Waals surface area contributed by atoms with Crippen molar-refractivity contribution in [3.63, 3.8) is 0 Å². The van der Waals surface area contributed by atoms with Crippen LogP contribution in [0.25, 0.3) is 66.4 Å². The molecule has 10 aromatic rings. The maximum atomic E-state index is 6.82. The molecule has 9 aromatic carbocycles. The fourth-order valence-corrected chi connectivity index (χ4v) is 11.3. The molecule has 3 aliphatic carbocycles. The molecule has 0 radical (unpaired) electrons. The van der Waals surface area contributed by atoms with Gasteiger partial charge in [0.1, 0.15) is 11.2 Å². The molecular weight excluding hydrogens is 727 g/mol. The van der Waals surface area contributed by atoms with Gasteiger partial charge >= 0.3 is 0 Å². The van der Waals surface area contributed by atoms with Crippen molar-refractivity contribution < 1.29 is 4.42 Å². The summed E-state index contributed by atoms with van der Waals surface area (Å²) in [7, 11) is 0. The molecule has 1 atom stereocenters. The van der Waals surface area contributed by atoms with Crippen molar-refractivity contribution in [1.29, 1.82) is 0 Å². The van der Waals surface area contributed by atoms with Crippen LogP contribution in [0.5, 0.6) is 0 Å². The summed E-state index contributed by atoms with van der Waals surface area (Å²) in [6.45, 7) is 4.74. The van der Waals surface area contributed by atoms with Gasteiger partial charge in [0.05, 0.1) is 11.1 Å². The molecule has 0 N–H and O–H groups in total. The van der Waals surface area contributed by atoms with E-state index in [0.29, 0.717) is 0 Å². The van der Waals surface area contributed by atoms with Gasteiger partial charge in [0.25, 0.3) is 0 Å². The largest absolute Gasteiger partial charge is 0.455 e. The fourth-order valence-electron chi connectivity index (χ4n) is 11.3. The van der Waals surface area contributed by atoms with E-state index < -0.39 is 5.41 Å². The van der Waals surface area contributed by atoms with Crippen LogP contribution in [0.2, 0.25) is 0 Å². The molecule has 282 valence electrons. The summed E-state index contributed by atoms with van der Waals surface area (Å²) in [5.41, 5.74) is 22.5. The number of benzene rings is 9. The van der Waals surface area contributed by atoms with Crippen molar-refractivity contribution >= 4 is 39.0 Å². The second-order valence-corrected chi connectivity index (χ2v) is 17.2. The highest BCUT2D eigenvalue weighted by Crippen LogP contribution is 2.66. The highest BCUT2D eigenvalue weighted by atomic mass is 16.3. The maximum Gasteiger partial charge on any atom is 0.143 e. The van der Waals surface area contributed by atoms with Gasteiger partial charge in [0.2, 0.25) is 0 Å². The summed E-state index contributed by atoms with van der Waals surface area (Å²) in [6.07, 6.45) is 0. The normalized spacial score (nSPS) is 16.0. The quantitative estimate of drug-likeness (QED) is 0.177. The van der Waals surface area contributed by atoms with Gasteiger partial charge in [-0.05, 0) is 103 Å². The zero-order valence-electron chi connectivity index (χ0n) is 33.4. The molecule has 60 heavy (non-hydrogen) atoms. The number of furan rings is 1. The van der Waals surface area contributed by atoms with Gasteiger partial charge in [-0.3, -0.25) is 0 Å². The number of fused-ring (bicyclic) bond motifs is 17. The van der Waals surface area contributed by atoms with E-state index in [4.69, 9.17) is 4.42 Å². The number of nitrogens with zero attached hydrogens (tertiary/aromatic N) is 1. The smallest absolute Gasteiger partial charge is 0.143 e. The van der Waals surface area contributed by atoms with Crippen LogP contribution >= 0.6 is 0 Å². The van der Waals surface area contributed by atoms with Gasteiger partial charge in [0, 0.05) is 38.7 Å². The molecule has 3 aliphatic rings. The Kier molecular flexibility index (Phi) is 6.74. The molecule has 0 bridgehead atoms. The van der Waals surface area contributed by atoms with Crippen LogP contribution in [0.4, 0.5) is 17.1 Å². The van der Waals surface area contributed by atoms with Crippen LogP contribution in [0.15, 0.2) is 205 Å². The second kappa shape index (κ2) is 12.1. The Hall–Kier alpha value is -7.42. The molecule has 0 fully saturated rings. The number of para-hydroxylation sites is 1. The molecule has 2 nitrogen and oxygen atoms in total. The van der Waals surface area contributed by atoms with Gasteiger partial charge in [-0.2, -0.15) is 0 Å². The standard InChI is InChI=1S/C58H39NO/c1-57(2)46-21-10-6-17-40(46)41-32-31-39(35-51(41)57)59(38-29-27-37(28-30-38)36-15-4-3-5-16-36)52-25-14-24-49-54(52)44-19-7-11-22-47(44)58(49)48-23-12-8-20-45(48)55-50(58)34-33-43-42-18-9-13-26-53(42)60-56(43)55/h3-35H,1-2H3. The molecule has 0 amide bonds. The SMILES string of the molecule is CC1(C)c2ccccc2-c2ccc(N(c3ccc(-c4ccccc4)cc3)c3cccc4c3-c3ccccc3C43c4ccccc4-c4c3ccc3c4oc4ccccc43)cc21. The van der Waals surface area contributed by atoms with E-state index in [1.807, 2.05) is 0 Å². The van der Waals surface area contributed by atoms with E-state index in [2.05, 4.69) is 219 Å². The average Bonchev–Trinajstić information content (AvgIpc) is 3.99. The Balaban J connectivity index is 1.09. The fraction of sp³-hybridized carbons (Fsp3) is 0.0690. The Labute approximate surface area is 349 Å². The zero-order valence-corrected chi connectivity index (χ0v) is 33.4. The van der Waals surface area contributed by atoms with Crippen LogP contribution in [0, 0.1) is 0 Å². The van der Waals surface area contributed by atoms with E-state index >= 15 is 0 Å². The van der Waals surface area contributed by atoms with Gasteiger partial charge in [-0.1, -0.05) is 178 Å². The Morgan fingerprint density at radius 3 is 1.75 bits per heavy atom. The van der Waals surface area contributed by atoms with Crippen LogP contribution in [0.1, 0.15) is 47.2 Å². The predicted octanol–water partition coefficient (Wildman–Crippen LogP) is 15.4. The number of hydrogen-bond donors (Lipinski definition) is 0. The third kappa shape index (κ3) is 4.27. The van der Waals surface area contributed by atoms with Crippen LogP contribution in [0.3, 0.4) is 0 Å². The first kappa shape index (κ1) is 33.5. The van der Waals surface area contributed by atoms with E-state index in [1.165, 1.54) is 77.9 Å². The Morgan fingerprint density at radius 2 is 0.967 bits per heavy atom. The minimum Gasteiger partial charge on any atom is -0.455 e. The molecule has 1 unspecified atom stereocenters. The lowest BCUT2D eigenvalue weighted by atomic mass is 9.70. The van der Waals surface area contributed by atoms with Gasteiger partial charge in [-0.25, -0.2) is 0 Å². The van der Waals surface area contributed by atoms with Crippen molar-refractivity contribution in [1.82, 2.24) is 0 Å². The number of anilines is 3. The van der Waals surface area contributed by atoms with Crippen molar-refractivity contribution in [2.75, 3.05) is 4.90 Å². The molecule has 1 heterocycles. The van der Waals surface area contributed by atoms with Crippen molar-refractivity contribution in [2.45, 2.75) is 24.7 Å². The Morgan fingerprint density at radius 1 is 0.383 bits per heavy atom. The van der Waals surface area contributed by atoms with Crippen molar-refractivity contribution in [3.8, 4) is 44.5 Å². The van der Waals surface area contributed by atoms with Gasteiger partial charge in [-0.15, -0.1) is 0 Å². The van der Waals surface area contributed by atoms with Crippen LogP contribution in [-0.2, 0) is 10.8 Å². The molecule has 0 saturated heterocycles. The maximum absolute atomic E-state index is 6.82. The van der Waals surface area contributed by atoms with Gasteiger partial charge in [0.15, 0.2) is 0 Å². The van der Waals surface area contributed by atoms with Crippen LogP contribution in [-0.4, -0.2) is 0 Å². The molecule has 0 saturated carbocycles. The van der Waals surface area contributed by atoms with E-state index in [9.17, 15) is 0 Å². The highest BCUT2D eigenvalue weighted by Gasteiger charge is 2.53. The topological polar surface area (TPSA) is 16.4 Å². The van der Waals surface area contributed by atoms with Crippen molar-refractivity contribution in [3.05, 3.63) is 234 Å². The lowest BCUT2D eigenvalue weighted by Crippen LogP contribution is -2.26. The minimum absolute atomic E-state index is 0.140. The van der Waals surface area contributed by atoms with E-state index in [-0.39, 0.29) is 5.41 Å². The summed E-state index contributed by atoms with van der Waals surface area (Å²) in [5.74, 6) is 0. The van der Waals surface area contributed by atoms with Gasteiger partial charge < -0.3 is 9.32 Å². The summed E-state index contributed by atoms with van der Waals surface area (Å²) >= 11 is 0. The zero-order chi connectivity index (χ0) is 39.7. The minimum atomic E-state index is -0.536. The molecule has 0 aliphatic heterocycles. The summed E-state index contributed by atoms with van der Waals surface area (Å²) in [5, 5.41) is 2.31. The predicted molar refractivity (Wildman–Crippen MR) is 248 cm³/mol. The third-order valence-electron chi connectivity index (χ3n) is 13.9. The number of hydrogen-bond acceptors (Lipinski definition) is 2. The molecule has 1 aromatic heterocycles. The van der Waals surface area contributed by atoms with E-state index in [1.54, 1.807) is 0 Å². The third-order valence-corrected chi connectivity index (χ3v) is 13.9. The summed E-state index contributed by atoms with van der Waals surface area (Å²) in [6, 6.07) is 74.1. The van der Waals surface area contributed by atoms with Crippen LogP contribution < -0.4 is 4.90 Å². The molecule has 2 heteroatoms. The number of rotatable bonds is 4. The first-order chi connectivity index (χ1) is 29.5. The summed E-state index contributed by atoms with van der Waals surface area (Å²) in [4.78, 5) is 2.51. The van der Waals surface area contributed by atoms with E-state index in [0.717, 1.165) is 39.0 Å². The molecule has 1 spiro atoms. The first-order valence-corrected chi connectivity index (χ1v) is 21.0. The molecular formula is C58H39NO. The second-order valence-electron chi connectivity index (χ2n) is 17.2. The molecule has 13 rings (SSSR count). The monoisotopic (exact) mass is 765 g/mol. The Bertz CT molecular complexity index is 3410.